The molecule has 28 heavy (non-hydrogen) atoms. The molecular formula is C20H29ClIN5S. The number of hydrogen-bond donors (Lipinski definition) is 2. The average molecular weight is 534 g/mol. The Balaban J connectivity index is 0.00000280. The first kappa shape index (κ1) is 23.3. The number of rotatable bonds is 6. The van der Waals surface area contributed by atoms with Gasteiger partial charge in [0.1, 0.15) is 0 Å². The highest BCUT2D eigenvalue weighted by atomic mass is 127. The van der Waals surface area contributed by atoms with E-state index in [-0.39, 0.29) is 24.0 Å². The lowest BCUT2D eigenvalue weighted by Crippen LogP contribution is -2.45. The van der Waals surface area contributed by atoms with Crippen molar-refractivity contribution in [1.29, 1.82) is 0 Å². The maximum absolute atomic E-state index is 6.56. The van der Waals surface area contributed by atoms with Crippen molar-refractivity contribution < 1.29 is 0 Å². The fourth-order valence-electron chi connectivity index (χ4n) is 3.13. The van der Waals surface area contributed by atoms with E-state index in [2.05, 4.69) is 57.3 Å². The van der Waals surface area contributed by atoms with E-state index < -0.39 is 0 Å². The van der Waals surface area contributed by atoms with Gasteiger partial charge in [0.25, 0.3) is 0 Å². The molecule has 0 saturated carbocycles. The van der Waals surface area contributed by atoms with Gasteiger partial charge in [-0.2, -0.15) is 11.3 Å². The topological polar surface area (TPSA) is 42.9 Å². The summed E-state index contributed by atoms with van der Waals surface area (Å²) in [5, 5.41) is 11.8. The Morgan fingerprint density at radius 3 is 2.64 bits per heavy atom. The van der Waals surface area contributed by atoms with Crippen LogP contribution in [0.4, 0.5) is 5.69 Å². The van der Waals surface area contributed by atoms with Gasteiger partial charge in [-0.3, -0.25) is 0 Å². The van der Waals surface area contributed by atoms with Crippen LogP contribution in [-0.4, -0.2) is 50.6 Å². The van der Waals surface area contributed by atoms with Gasteiger partial charge in [-0.25, -0.2) is 4.99 Å². The van der Waals surface area contributed by atoms with Crippen LogP contribution in [0.2, 0.25) is 5.02 Å². The van der Waals surface area contributed by atoms with Crippen LogP contribution >= 0.6 is 46.9 Å². The molecule has 0 bridgehead atoms. The number of piperazine rings is 1. The molecule has 0 unspecified atom stereocenters. The van der Waals surface area contributed by atoms with Crippen molar-refractivity contribution >= 4 is 58.6 Å². The Hall–Kier alpha value is -1.03. The average Bonchev–Trinajstić information content (AvgIpc) is 3.19. The number of guanidine groups is 1. The summed E-state index contributed by atoms with van der Waals surface area (Å²) in [6, 6.07) is 8.28. The Morgan fingerprint density at radius 2 is 1.96 bits per heavy atom. The summed E-state index contributed by atoms with van der Waals surface area (Å²) in [7, 11) is 2.17. The normalized spacial score (nSPS) is 15.2. The standard InChI is InChI=1S/C20H28ClN5S.HI/c1-3-22-20(23-13-16-7-12-27-15-16)24-14-17-18(21)5-4-6-19(17)26-10-8-25(2)9-11-26;/h4-7,12,15H,3,8-11,13-14H2,1-2H3,(H2,22,23,24);1H. The van der Waals surface area contributed by atoms with Crippen LogP contribution in [0.25, 0.3) is 0 Å². The van der Waals surface area contributed by atoms with Crippen molar-refractivity contribution in [2.45, 2.75) is 20.0 Å². The van der Waals surface area contributed by atoms with E-state index in [0.29, 0.717) is 13.1 Å². The minimum absolute atomic E-state index is 0. The number of thiophene rings is 1. The number of anilines is 1. The van der Waals surface area contributed by atoms with E-state index >= 15 is 0 Å². The summed E-state index contributed by atoms with van der Waals surface area (Å²) in [6.45, 7) is 8.42. The third-order valence-electron chi connectivity index (χ3n) is 4.71. The first-order valence-electron chi connectivity index (χ1n) is 9.41. The van der Waals surface area contributed by atoms with E-state index in [4.69, 9.17) is 16.6 Å². The molecule has 2 aromatic rings. The van der Waals surface area contributed by atoms with Gasteiger partial charge in [0, 0.05) is 55.5 Å². The molecule has 0 atom stereocenters. The van der Waals surface area contributed by atoms with Crippen LogP contribution in [0.15, 0.2) is 40.0 Å². The highest BCUT2D eigenvalue weighted by Gasteiger charge is 2.18. The molecule has 0 aliphatic carbocycles. The monoisotopic (exact) mass is 533 g/mol. The molecule has 0 spiro atoms. The molecule has 1 aliphatic rings. The van der Waals surface area contributed by atoms with E-state index in [1.54, 1.807) is 11.3 Å². The predicted molar refractivity (Wildman–Crippen MR) is 133 cm³/mol. The van der Waals surface area contributed by atoms with Gasteiger partial charge in [0.2, 0.25) is 0 Å². The van der Waals surface area contributed by atoms with Crippen molar-refractivity contribution in [2.24, 2.45) is 4.99 Å². The molecule has 1 aromatic heterocycles. The largest absolute Gasteiger partial charge is 0.369 e. The second-order valence-electron chi connectivity index (χ2n) is 6.71. The van der Waals surface area contributed by atoms with Crippen molar-refractivity contribution in [3.05, 3.63) is 51.2 Å². The van der Waals surface area contributed by atoms with E-state index in [1.165, 1.54) is 11.3 Å². The van der Waals surface area contributed by atoms with Crippen LogP contribution in [0.1, 0.15) is 18.1 Å². The lowest BCUT2D eigenvalue weighted by atomic mass is 10.1. The summed E-state index contributed by atoms with van der Waals surface area (Å²) in [6.07, 6.45) is 0. The molecule has 2 N–H and O–H groups in total. The zero-order chi connectivity index (χ0) is 19.1. The van der Waals surface area contributed by atoms with Crippen LogP contribution in [-0.2, 0) is 13.1 Å². The van der Waals surface area contributed by atoms with Crippen molar-refractivity contribution in [3.8, 4) is 0 Å². The lowest BCUT2D eigenvalue weighted by Gasteiger charge is -2.35. The van der Waals surface area contributed by atoms with Crippen LogP contribution in [0.3, 0.4) is 0 Å². The first-order valence-corrected chi connectivity index (χ1v) is 10.7. The molecule has 1 aliphatic heterocycles. The Bertz CT molecular complexity index is 745. The second-order valence-corrected chi connectivity index (χ2v) is 7.90. The first-order chi connectivity index (χ1) is 13.2. The number of hydrogen-bond acceptors (Lipinski definition) is 4. The van der Waals surface area contributed by atoms with Gasteiger partial charge >= 0.3 is 0 Å². The summed E-state index contributed by atoms with van der Waals surface area (Å²) < 4.78 is 0. The maximum Gasteiger partial charge on any atom is 0.191 e. The molecule has 3 rings (SSSR count). The second kappa shape index (κ2) is 11.8. The van der Waals surface area contributed by atoms with Crippen molar-refractivity contribution in [1.82, 2.24) is 15.5 Å². The lowest BCUT2D eigenvalue weighted by molar-refractivity contribution is 0.312. The van der Waals surface area contributed by atoms with Crippen LogP contribution in [0, 0.1) is 0 Å². The molecule has 2 heterocycles. The van der Waals surface area contributed by atoms with Crippen molar-refractivity contribution in [2.75, 3.05) is 44.7 Å². The predicted octanol–water partition coefficient (Wildman–Crippen LogP) is 4.03. The van der Waals surface area contributed by atoms with E-state index in [1.807, 2.05) is 12.1 Å². The maximum atomic E-state index is 6.56. The van der Waals surface area contributed by atoms with E-state index in [9.17, 15) is 0 Å². The fraction of sp³-hybridized carbons (Fsp3) is 0.450. The van der Waals surface area contributed by atoms with Gasteiger partial charge in [0.05, 0.1) is 6.54 Å². The number of halogens is 2. The molecule has 0 amide bonds. The molecule has 154 valence electrons. The summed E-state index contributed by atoms with van der Waals surface area (Å²) in [4.78, 5) is 9.48. The summed E-state index contributed by atoms with van der Waals surface area (Å²) in [5.41, 5.74) is 3.58. The fourth-order valence-corrected chi connectivity index (χ4v) is 4.03. The minimum atomic E-state index is 0. The van der Waals surface area contributed by atoms with Gasteiger partial charge < -0.3 is 20.4 Å². The number of benzene rings is 1. The van der Waals surface area contributed by atoms with Crippen LogP contribution in [0.5, 0.6) is 0 Å². The third kappa shape index (κ3) is 6.50. The zero-order valence-corrected chi connectivity index (χ0v) is 20.4. The quantitative estimate of drug-likeness (QED) is 0.334. The highest BCUT2D eigenvalue weighted by molar-refractivity contribution is 14.0. The molecule has 0 radical (unpaired) electrons. The number of likely N-dealkylation sites (N-methyl/N-ethyl adjacent to an activating group) is 1. The Labute approximate surface area is 194 Å². The molecular weight excluding hydrogens is 505 g/mol. The van der Waals surface area contributed by atoms with E-state index in [0.717, 1.165) is 49.3 Å². The molecule has 1 aromatic carbocycles. The molecule has 5 nitrogen and oxygen atoms in total. The molecule has 8 heteroatoms. The minimum Gasteiger partial charge on any atom is -0.369 e. The Morgan fingerprint density at radius 1 is 1.18 bits per heavy atom. The summed E-state index contributed by atoms with van der Waals surface area (Å²) in [5.74, 6) is 0.813. The van der Waals surface area contributed by atoms with Crippen LogP contribution < -0.4 is 15.5 Å². The Kier molecular flexibility index (Phi) is 9.84. The molecule has 1 fully saturated rings. The molecule has 1 saturated heterocycles. The number of nitrogens with zero attached hydrogens (tertiary/aromatic N) is 3. The number of nitrogens with one attached hydrogen (secondary N) is 2. The highest BCUT2D eigenvalue weighted by Crippen LogP contribution is 2.28. The van der Waals surface area contributed by atoms with Gasteiger partial charge in [-0.1, -0.05) is 17.7 Å². The van der Waals surface area contributed by atoms with Gasteiger partial charge in [-0.15, -0.1) is 24.0 Å². The SMILES string of the molecule is CCNC(=NCc1ccsc1)NCc1c(Cl)cccc1N1CCN(C)CC1.I. The third-order valence-corrected chi connectivity index (χ3v) is 5.80. The van der Waals surface area contributed by atoms with Gasteiger partial charge in [-0.05, 0) is 48.5 Å². The van der Waals surface area contributed by atoms with Crippen molar-refractivity contribution in [3.63, 3.8) is 0 Å². The van der Waals surface area contributed by atoms with Gasteiger partial charge in [0.15, 0.2) is 5.96 Å². The zero-order valence-electron chi connectivity index (χ0n) is 16.4. The summed E-state index contributed by atoms with van der Waals surface area (Å²) >= 11 is 8.26. The smallest absolute Gasteiger partial charge is 0.191 e. The number of aliphatic imine (C=N–C) groups is 1.